The Bertz CT molecular complexity index is 878. The van der Waals surface area contributed by atoms with E-state index in [0.29, 0.717) is 11.3 Å². The summed E-state index contributed by atoms with van der Waals surface area (Å²) in [6.45, 7) is 0. The molecule has 2 aromatic rings. The van der Waals surface area contributed by atoms with Crippen LogP contribution in [0.4, 0.5) is 0 Å². The molecule has 0 fully saturated rings. The highest BCUT2D eigenvalue weighted by Crippen LogP contribution is 2.30. The molecule has 0 bridgehead atoms. The molecule has 0 atom stereocenters. The minimum atomic E-state index is -0.602. The van der Waals surface area contributed by atoms with Crippen molar-refractivity contribution >= 4 is 29.7 Å². The predicted molar refractivity (Wildman–Crippen MR) is 102 cm³/mol. The fourth-order valence-corrected chi connectivity index (χ4v) is 2.33. The van der Waals surface area contributed by atoms with Crippen LogP contribution in [0.1, 0.15) is 16.7 Å². The zero-order valence-electron chi connectivity index (χ0n) is 15.3. The molecule has 0 aromatic heterocycles. The van der Waals surface area contributed by atoms with E-state index in [1.54, 1.807) is 49.6 Å². The van der Waals surface area contributed by atoms with Gasteiger partial charge in [0.2, 0.25) is 0 Å². The number of phenolic OH excluding ortho intramolecular Hbond substituents is 1. The SMILES string of the molecule is COC(=O)/C=C/c1ccc(O)c(/C(=C/c2ccc(OC)cc2)C(=O)OC)c1. The van der Waals surface area contributed by atoms with Crippen LogP contribution in [0.15, 0.2) is 48.5 Å². The highest BCUT2D eigenvalue weighted by molar-refractivity contribution is 6.22. The molecule has 140 valence electrons. The number of hydrogen-bond donors (Lipinski definition) is 1. The molecule has 0 aliphatic heterocycles. The highest BCUT2D eigenvalue weighted by Gasteiger charge is 2.17. The summed E-state index contributed by atoms with van der Waals surface area (Å²) >= 11 is 0. The average Bonchev–Trinajstić information content (AvgIpc) is 2.71. The van der Waals surface area contributed by atoms with Gasteiger partial charge in [-0.2, -0.15) is 0 Å². The van der Waals surface area contributed by atoms with E-state index in [2.05, 4.69) is 4.74 Å². The van der Waals surface area contributed by atoms with E-state index in [-0.39, 0.29) is 16.9 Å². The van der Waals surface area contributed by atoms with Gasteiger partial charge in [0, 0.05) is 11.6 Å². The molecular formula is C21H20O6. The van der Waals surface area contributed by atoms with Crippen LogP contribution in [0.5, 0.6) is 11.5 Å². The summed E-state index contributed by atoms with van der Waals surface area (Å²) in [5, 5.41) is 10.2. The summed E-state index contributed by atoms with van der Waals surface area (Å²) < 4.78 is 14.5. The number of phenols is 1. The van der Waals surface area contributed by atoms with Gasteiger partial charge in [0.15, 0.2) is 0 Å². The van der Waals surface area contributed by atoms with Gasteiger partial charge in [0.1, 0.15) is 11.5 Å². The van der Waals surface area contributed by atoms with Crippen molar-refractivity contribution in [1.29, 1.82) is 0 Å². The van der Waals surface area contributed by atoms with Crippen LogP contribution in [0.3, 0.4) is 0 Å². The molecule has 6 nitrogen and oxygen atoms in total. The lowest BCUT2D eigenvalue weighted by Gasteiger charge is -2.10. The standard InChI is InChI=1S/C21H20O6/c1-25-16-8-4-14(5-9-16)13-18(21(24)27-3)17-12-15(6-10-19(17)22)7-11-20(23)26-2/h4-13,22H,1-3H3/b11-7+,18-13-. The second-order valence-electron chi connectivity index (χ2n) is 5.46. The molecule has 0 aliphatic carbocycles. The molecule has 0 amide bonds. The number of carbonyl (C=O) groups is 2. The average molecular weight is 368 g/mol. The molecule has 0 unspecified atom stereocenters. The van der Waals surface area contributed by atoms with Gasteiger partial charge in [0.25, 0.3) is 0 Å². The lowest BCUT2D eigenvalue weighted by Crippen LogP contribution is -2.04. The zero-order valence-corrected chi connectivity index (χ0v) is 15.3. The van der Waals surface area contributed by atoms with Crippen molar-refractivity contribution in [2.45, 2.75) is 0 Å². The summed E-state index contributed by atoms with van der Waals surface area (Å²) in [6, 6.07) is 11.7. The van der Waals surface area contributed by atoms with Crippen LogP contribution < -0.4 is 4.74 Å². The van der Waals surface area contributed by atoms with Gasteiger partial charge in [-0.05, 0) is 47.5 Å². The quantitative estimate of drug-likeness (QED) is 0.479. The van der Waals surface area contributed by atoms with Gasteiger partial charge >= 0.3 is 11.9 Å². The highest BCUT2D eigenvalue weighted by atomic mass is 16.5. The largest absolute Gasteiger partial charge is 0.507 e. The number of methoxy groups -OCH3 is 3. The third kappa shape index (κ3) is 5.22. The molecule has 0 saturated heterocycles. The summed E-state index contributed by atoms with van der Waals surface area (Å²) in [5.41, 5.74) is 1.79. The first-order chi connectivity index (χ1) is 13.0. The third-order valence-electron chi connectivity index (χ3n) is 3.76. The second-order valence-corrected chi connectivity index (χ2v) is 5.46. The lowest BCUT2D eigenvalue weighted by atomic mass is 9.99. The minimum absolute atomic E-state index is 0.0876. The number of benzene rings is 2. The molecule has 0 aliphatic rings. The molecule has 27 heavy (non-hydrogen) atoms. The van der Waals surface area contributed by atoms with E-state index in [1.165, 1.54) is 32.4 Å². The lowest BCUT2D eigenvalue weighted by molar-refractivity contribution is -0.135. The van der Waals surface area contributed by atoms with Crippen LogP contribution in [0.25, 0.3) is 17.7 Å². The Labute approximate surface area is 157 Å². The molecule has 0 spiro atoms. The number of ether oxygens (including phenoxy) is 3. The smallest absolute Gasteiger partial charge is 0.338 e. The predicted octanol–water partition coefficient (Wildman–Crippen LogP) is 3.30. The van der Waals surface area contributed by atoms with Crippen LogP contribution >= 0.6 is 0 Å². The van der Waals surface area contributed by atoms with Crippen LogP contribution in [-0.4, -0.2) is 38.4 Å². The summed E-state index contributed by atoms with van der Waals surface area (Å²) in [6.07, 6.45) is 4.38. The van der Waals surface area contributed by atoms with Crippen LogP contribution in [0.2, 0.25) is 0 Å². The van der Waals surface area contributed by atoms with Crippen molar-refractivity contribution in [3.63, 3.8) is 0 Å². The fourth-order valence-electron chi connectivity index (χ4n) is 2.33. The topological polar surface area (TPSA) is 82.1 Å². The Morgan fingerprint density at radius 2 is 1.59 bits per heavy atom. The zero-order chi connectivity index (χ0) is 19.8. The Kier molecular flexibility index (Phi) is 6.77. The van der Waals surface area contributed by atoms with Gasteiger partial charge in [-0.25, -0.2) is 9.59 Å². The van der Waals surface area contributed by atoms with Crippen molar-refractivity contribution < 1.29 is 28.9 Å². The summed E-state index contributed by atoms with van der Waals surface area (Å²) in [4.78, 5) is 23.6. The van der Waals surface area contributed by atoms with E-state index in [0.717, 1.165) is 5.56 Å². The molecule has 6 heteroatoms. The van der Waals surface area contributed by atoms with E-state index in [1.807, 2.05) is 0 Å². The van der Waals surface area contributed by atoms with Gasteiger partial charge in [-0.15, -0.1) is 0 Å². The normalized spacial score (nSPS) is 11.3. The minimum Gasteiger partial charge on any atom is -0.507 e. The third-order valence-corrected chi connectivity index (χ3v) is 3.76. The van der Waals surface area contributed by atoms with E-state index >= 15 is 0 Å². The van der Waals surface area contributed by atoms with Gasteiger partial charge in [-0.1, -0.05) is 18.2 Å². The first-order valence-corrected chi connectivity index (χ1v) is 8.02. The number of rotatable bonds is 6. The molecule has 0 radical (unpaired) electrons. The maximum atomic E-state index is 12.3. The van der Waals surface area contributed by atoms with Crippen molar-refractivity contribution in [2.75, 3.05) is 21.3 Å². The Balaban J connectivity index is 2.49. The number of hydrogen-bond acceptors (Lipinski definition) is 6. The van der Waals surface area contributed by atoms with Gasteiger partial charge in [0.05, 0.1) is 26.9 Å². The van der Waals surface area contributed by atoms with Crippen LogP contribution in [0, 0.1) is 0 Å². The number of aromatic hydroxyl groups is 1. The summed E-state index contributed by atoms with van der Waals surface area (Å²) in [7, 11) is 4.11. The van der Waals surface area contributed by atoms with Crippen molar-refractivity contribution in [2.24, 2.45) is 0 Å². The van der Waals surface area contributed by atoms with E-state index in [9.17, 15) is 14.7 Å². The van der Waals surface area contributed by atoms with E-state index < -0.39 is 11.9 Å². The molecule has 2 rings (SSSR count). The Morgan fingerprint density at radius 3 is 2.19 bits per heavy atom. The fraction of sp³-hybridized carbons (Fsp3) is 0.143. The summed E-state index contributed by atoms with van der Waals surface area (Å²) in [5.74, 6) is -0.512. The number of carbonyl (C=O) groups excluding carboxylic acids is 2. The maximum Gasteiger partial charge on any atom is 0.338 e. The molecule has 0 heterocycles. The van der Waals surface area contributed by atoms with Crippen molar-refractivity contribution in [3.05, 3.63) is 65.2 Å². The molecule has 1 N–H and O–H groups in total. The van der Waals surface area contributed by atoms with Crippen molar-refractivity contribution in [3.8, 4) is 11.5 Å². The molecular weight excluding hydrogens is 348 g/mol. The molecule has 2 aromatic carbocycles. The van der Waals surface area contributed by atoms with Crippen LogP contribution in [-0.2, 0) is 19.1 Å². The first-order valence-electron chi connectivity index (χ1n) is 8.02. The van der Waals surface area contributed by atoms with Crippen molar-refractivity contribution in [1.82, 2.24) is 0 Å². The maximum absolute atomic E-state index is 12.3. The molecule has 0 saturated carbocycles. The van der Waals surface area contributed by atoms with E-state index in [4.69, 9.17) is 9.47 Å². The van der Waals surface area contributed by atoms with Gasteiger partial charge in [-0.3, -0.25) is 0 Å². The Morgan fingerprint density at radius 1 is 0.926 bits per heavy atom. The van der Waals surface area contributed by atoms with Gasteiger partial charge < -0.3 is 19.3 Å². The first kappa shape index (κ1) is 19.8. The Hall–Kier alpha value is -3.54. The number of esters is 2. The monoisotopic (exact) mass is 368 g/mol. The second kappa shape index (κ2) is 9.24.